The number of benzene rings is 1. The standard InChI is InChI=1S/C12H10N4O3/c17-9-3-1-2-8(6-9)7-13-16-12(19)10-4-5-11(18)15-14-10/h1-7,17H,(H,15,18)(H,16,19)/b13-7+. The second-order valence-electron chi connectivity index (χ2n) is 3.60. The van der Waals surface area contributed by atoms with Gasteiger partial charge in [-0.05, 0) is 23.8 Å². The molecule has 2 rings (SSSR count). The van der Waals surface area contributed by atoms with Crippen molar-refractivity contribution in [1.29, 1.82) is 0 Å². The third-order valence-corrected chi connectivity index (χ3v) is 2.16. The Morgan fingerprint density at radius 3 is 2.89 bits per heavy atom. The van der Waals surface area contributed by atoms with E-state index in [2.05, 4.69) is 20.7 Å². The molecule has 2 aromatic rings. The lowest BCUT2D eigenvalue weighted by Crippen LogP contribution is -2.21. The molecular formula is C12H10N4O3. The van der Waals surface area contributed by atoms with Crippen LogP contribution in [0.15, 0.2) is 46.3 Å². The van der Waals surface area contributed by atoms with Crippen molar-refractivity contribution >= 4 is 12.1 Å². The Bertz CT molecular complexity index is 658. The minimum atomic E-state index is -0.548. The summed E-state index contributed by atoms with van der Waals surface area (Å²) in [6.45, 7) is 0. The molecule has 0 atom stereocenters. The van der Waals surface area contributed by atoms with E-state index < -0.39 is 5.91 Å². The fraction of sp³-hybridized carbons (Fsp3) is 0. The Balaban J connectivity index is 2.00. The predicted molar refractivity (Wildman–Crippen MR) is 68.0 cm³/mol. The molecule has 0 aliphatic rings. The maximum Gasteiger partial charge on any atom is 0.291 e. The predicted octanol–water partition coefficient (Wildman–Crippen LogP) is 0.239. The van der Waals surface area contributed by atoms with Crippen LogP contribution in [0.3, 0.4) is 0 Å². The number of carbonyl (C=O) groups is 1. The number of H-pyrrole nitrogens is 1. The third-order valence-electron chi connectivity index (χ3n) is 2.16. The quantitative estimate of drug-likeness (QED) is 0.541. The zero-order valence-electron chi connectivity index (χ0n) is 9.70. The summed E-state index contributed by atoms with van der Waals surface area (Å²) in [4.78, 5) is 22.3. The molecule has 0 radical (unpaired) electrons. The highest BCUT2D eigenvalue weighted by Gasteiger charge is 2.05. The van der Waals surface area contributed by atoms with Gasteiger partial charge in [-0.3, -0.25) is 9.59 Å². The zero-order valence-corrected chi connectivity index (χ0v) is 9.70. The van der Waals surface area contributed by atoms with Crippen LogP contribution in [0, 0.1) is 0 Å². The Hall–Kier alpha value is -2.96. The molecule has 7 heteroatoms. The topological polar surface area (TPSA) is 107 Å². The number of amides is 1. The van der Waals surface area contributed by atoms with Crippen molar-refractivity contribution in [1.82, 2.24) is 15.6 Å². The number of aromatic hydroxyl groups is 1. The molecule has 1 amide bonds. The van der Waals surface area contributed by atoms with Gasteiger partial charge in [0.25, 0.3) is 11.5 Å². The van der Waals surface area contributed by atoms with Crippen molar-refractivity contribution in [2.24, 2.45) is 5.10 Å². The van der Waals surface area contributed by atoms with Gasteiger partial charge in [0.1, 0.15) is 5.75 Å². The maximum absolute atomic E-state index is 11.6. The third kappa shape index (κ3) is 3.50. The van der Waals surface area contributed by atoms with Crippen LogP contribution in [0.25, 0.3) is 0 Å². The maximum atomic E-state index is 11.6. The first-order valence-electron chi connectivity index (χ1n) is 5.33. The van der Waals surface area contributed by atoms with Crippen molar-refractivity contribution in [2.75, 3.05) is 0 Å². The fourth-order valence-corrected chi connectivity index (χ4v) is 1.30. The van der Waals surface area contributed by atoms with Gasteiger partial charge in [0.2, 0.25) is 0 Å². The summed E-state index contributed by atoms with van der Waals surface area (Å²) in [5.74, 6) is -0.440. The van der Waals surface area contributed by atoms with Crippen LogP contribution in [0.2, 0.25) is 0 Å². The zero-order chi connectivity index (χ0) is 13.7. The molecule has 0 aliphatic carbocycles. The highest BCUT2D eigenvalue weighted by molar-refractivity contribution is 5.92. The van der Waals surface area contributed by atoms with Crippen LogP contribution in [0.1, 0.15) is 16.1 Å². The molecule has 0 unspecified atom stereocenters. The molecule has 0 bridgehead atoms. The SMILES string of the molecule is O=C(N/N=C/c1cccc(O)c1)c1ccc(=O)[nH]n1. The minimum absolute atomic E-state index is 0.0488. The Kier molecular flexibility index (Phi) is 3.67. The number of nitrogens with one attached hydrogen (secondary N) is 2. The van der Waals surface area contributed by atoms with Gasteiger partial charge in [-0.1, -0.05) is 12.1 Å². The number of hydrogen-bond donors (Lipinski definition) is 3. The van der Waals surface area contributed by atoms with Gasteiger partial charge in [0.15, 0.2) is 5.69 Å². The monoisotopic (exact) mass is 258 g/mol. The lowest BCUT2D eigenvalue weighted by atomic mass is 10.2. The van der Waals surface area contributed by atoms with Crippen LogP contribution in [0.5, 0.6) is 5.75 Å². The second kappa shape index (κ2) is 5.58. The van der Waals surface area contributed by atoms with E-state index in [1.807, 2.05) is 0 Å². The molecule has 19 heavy (non-hydrogen) atoms. The summed E-state index contributed by atoms with van der Waals surface area (Å²) >= 11 is 0. The lowest BCUT2D eigenvalue weighted by Gasteiger charge is -1.98. The number of hydrazone groups is 1. The van der Waals surface area contributed by atoms with Crippen LogP contribution >= 0.6 is 0 Å². The molecule has 7 nitrogen and oxygen atoms in total. The first-order valence-corrected chi connectivity index (χ1v) is 5.33. The van der Waals surface area contributed by atoms with Crippen molar-refractivity contribution in [3.63, 3.8) is 0 Å². The number of nitrogens with zero attached hydrogens (tertiary/aromatic N) is 2. The van der Waals surface area contributed by atoms with Gasteiger partial charge in [0.05, 0.1) is 6.21 Å². The summed E-state index contributed by atoms with van der Waals surface area (Å²) in [5.41, 5.74) is 2.54. The lowest BCUT2D eigenvalue weighted by molar-refractivity contribution is 0.0949. The van der Waals surface area contributed by atoms with Gasteiger partial charge in [0, 0.05) is 6.07 Å². The van der Waals surface area contributed by atoms with E-state index in [0.29, 0.717) is 5.56 Å². The summed E-state index contributed by atoms with van der Waals surface area (Å²) in [5, 5.41) is 18.6. The first-order chi connectivity index (χ1) is 9.15. The number of phenols is 1. The normalized spacial score (nSPS) is 10.5. The Morgan fingerprint density at radius 1 is 1.37 bits per heavy atom. The molecule has 0 spiro atoms. The summed E-state index contributed by atoms with van der Waals surface area (Å²) in [6, 6.07) is 8.88. The van der Waals surface area contributed by atoms with E-state index in [4.69, 9.17) is 0 Å². The Morgan fingerprint density at radius 2 is 2.21 bits per heavy atom. The molecule has 1 heterocycles. The van der Waals surface area contributed by atoms with Crippen molar-refractivity contribution in [2.45, 2.75) is 0 Å². The van der Waals surface area contributed by atoms with Crippen LogP contribution in [0.4, 0.5) is 0 Å². The van der Waals surface area contributed by atoms with E-state index in [1.165, 1.54) is 30.5 Å². The highest BCUT2D eigenvalue weighted by atomic mass is 16.3. The van der Waals surface area contributed by atoms with E-state index in [-0.39, 0.29) is 17.0 Å². The molecule has 1 aromatic carbocycles. The average molecular weight is 258 g/mol. The van der Waals surface area contributed by atoms with Gasteiger partial charge in [-0.25, -0.2) is 10.5 Å². The van der Waals surface area contributed by atoms with Crippen LogP contribution in [-0.2, 0) is 0 Å². The number of hydrogen-bond acceptors (Lipinski definition) is 5. The summed E-state index contributed by atoms with van der Waals surface area (Å²) < 4.78 is 0. The van der Waals surface area contributed by atoms with Gasteiger partial charge < -0.3 is 5.11 Å². The van der Waals surface area contributed by atoms with Gasteiger partial charge >= 0.3 is 0 Å². The first kappa shape index (κ1) is 12.5. The van der Waals surface area contributed by atoms with Crippen molar-refractivity contribution < 1.29 is 9.90 Å². The Labute approximate surface area is 107 Å². The number of aromatic nitrogens is 2. The fourth-order valence-electron chi connectivity index (χ4n) is 1.30. The van der Waals surface area contributed by atoms with E-state index >= 15 is 0 Å². The largest absolute Gasteiger partial charge is 0.508 e. The minimum Gasteiger partial charge on any atom is -0.508 e. The van der Waals surface area contributed by atoms with E-state index in [1.54, 1.807) is 12.1 Å². The molecule has 0 fully saturated rings. The molecule has 3 N–H and O–H groups in total. The summed E-state index contributed by atoms with van der Waals surface area (Å²) in [7, 11) is 0. The van der Waals surface area contributed by atoms with Crippen LogP contribution < -0.4 is 11.0 Å². The van der Waals surface area contributed by atoms with Gasteiger partial charge in [-0.15, -0.1) is 0 Å². The van der Waals surface area contributed by atoms with Crippen LogP contribution in [-0.4, -0.2) is 27.4 Å². The molecule has 0 aliphatic heterocycles. The van der Waals surface area contributed by atoms with Crippen molar-refractivity contribution in [3.05, 3.63) is 58.0 Å². The van der Waals surface area contributed by atoms with E-state index in [0.717, 1.165) is 0 Å². The molecule has 0 saturated heterocycles. The highest BCUT2D eigenvalue weighted by Crippen LogP contribution is 2.08. The second-order valence-corrected chi connectivity index (χ2v) is 3.60. The molecule has 96 valence electrons. The summed E-state index contributed by atoms with van der Waals surface area (Å²) in [6.07, 6.45) is 1.38. The number of rotatable bonds is 3. The van der Waals surface area contributed by atoms with Crippen molar-refractivity contribution in [3.8, 4) is 5.75 Å². The molecule has 1 aromatic heterocycles. The van der Waals surface area contributed by atoms with E-state index in [9.17, 15) is 14.7 Å². The number of carbonyl (C=O) groups excluding carboxylic acids is 1. The molecular weight excluding hydrogens is 248 g/mol. The number of aromatic amines is 1. The average Bonchev–Trinajstić information content (AvgIpc) is 2.39. The smallest absolute Gasteiger partial charge is 0.291 e. The number of phenolic OH excluding ortho intramolecular Hbond substituents is 1. The molecule has 0 saturated carbocycles. The van der Waals surface area contributed by atoms with Gasteiger partial charge in [-0.2, -0.15) is 10.2 Å².